The van der Waals surface area contributed by atoms with Crippen LogP contribution < -0.4 is 16.0 Å². The summed E-state index contributed by atoms with van der Waals surface area (Å²) >= 11 is 0. The fourth-order valence-electron chi connectivity index (χ4n) is 3.12. The zero-order chi connectivity index (χ0) is 17.5. The molecular weight excluding hydrogens is 302 g/mol. The maximum absolute atomic E-state index is 12.4. The fraction of sp³-hybridized carbons (Fsp3) is 0.579. The molecule has 0 aliphatic heterocycles. The largest absolute Gasteiger partial charge is 0.349 e. The van der Waals surface area contributed by atoms with Gasteiger partial charge in [-0.25, -0.2) is 0 Å². The summed E-state index contributed by atoms with van der Waals surface area (Å²) in [5.74, 6) is -0.151. The third-order valence-electron chi connectivity index (χ3n) is 4.64. The summed E-state index contributed by atoms with van der Waals surface area (Å²) in [6.07, 6.45) is 5.80. The molecule has 3 N–H and O–H groups in total. The summed E-state index contributed by atoms with van der Waals surface area (Å²) in [6, 6.07) is 5.74. The van der Waals surface area contributed by atoms with Crippen LogP contribution in [0.3, 0.4) is 0 Å². The number of anilines is 1. The van der Waals surface area contributed by atoms with Crippen LogP contribution in [0, 0.1) is 12.8 Å². The van der Waals surface area contributed by atoms with Crippen LogP contribution in [0.15, 0.2) is 18.2 Å². The molecular formula is C19H29N3O2. The normalized spacial score (nSPS) is 16.5. The van der Waals surface area contributed by atoms with Gasteiger partial charge in [0.2, 0.25) is 5.91 Å². The Morgan fingerprint density at radius 2 is 1.92 bits per heavy atom. The van der Waals surface area contributed by atoms with Crippen LogP contribution in [-0.2, 0) is 4.79 Å². The van der Waals surface area contributed by atoms with Crippen molar-refractivity contribution in [2.75, 3.05) is 18.9 Å². The summed E-state index contributed by atoms with van der Waals surface area (Å²) in [6.45, 7) is 4.43. The van der Waals surface area contributed by atoms with Crippen LogP contribution in [0.5, 0.6) is 0 Å². The van der Waals surface area contributed by atoms with Gasteiger partial charge in [-0.3, -0.25) is 9.59 Å². The second-order valence-electron chi connectivity index (χ2n) is 6.79. The van der Waals surface area contributed by atoms with Crippen molar-refractivity contribution >= 4 is 17.5 Å². The van der Waals surface area contributed by atoms with Crippen molar-refractivity contribution in [3.8, 4) is 0 Å². The number of carbonyl (C=O) groups excluding carboxylic acids is 2. The van der Waals surface area contributed by atoms with E-state index in [1.54, 1.807) is 6.07 Å². The molecule has 0 bridgehead atoms. The number of aryl methyl sites for hydroxylation is 1. The van der Waals surface area contributed by atoms with Gasteiger partial charge in [0.15, 0.2) is 0 Å². The Balaban J connectivity index is 1.98. The van der Waals surface area contributed by atoms with E-state index in [0.29, 0.717) is 18.2 Å². The molecule has 1 aliphatic carbocycles. The van der Waals surface area contributed by atoms with Crippen LogP contribution >= 0.6 is 0 Å². The Hall–Kier alpha value is -1.88. The molecule has 1 aliphatic rings. The van der Waals surface area contributed by atoms with Gasteiger partial charge in [-0.2, -0.15) is 0 Å². The Bertz CT molecular complexity index is 580. The summed E-state index contributed by atoms with van der Waals surface area (Å²) in [4.78, 5) is 24.5. The molecule has 1 aromatic rings. The van der Waals surface area contributed by atoms with Gasteiger partial charge in [0.25, 0.3) is 5.91 Å². The lowest BCUT2D eigenvalue weighted by atomic mass is 9.95. The molecule has 1 saturated carbocycles. The van der Waals surface area contributed by atoms with Gasteiger partial charge in [-0.15, -0.1) is 0 Å². The number of carbonyl (C=O) groups is 2. The highest BCUT2D eigenvalue weighted by Gasteiger charge is 2.18. The molecule has 132 valence electrons. The van der Waals surface area contributed by atoms with E-state index in [2.05, 4.69) is 16.0 Å². The monoisotopic (exact) mass is 331 g/mol. The quantitative estimate of drug-likeness (QED) is 0.751. The number of amides is 2. The van der Waals surface area contributed by atoms with Crippen molar-refractivity contribution < 1.29 is 9.59 Å². The topological polar surface area (TPSA) is 70.2 Å². The molecule has 0 radical (unpaired) electrons. The molecule has 1 atom stereocenters. The average molecular weight is 331 g/mol. The van der Waals surface area contributed by atoms with E-state index < -0.39 is 0 Å². The summed E-state index contributed by atoms with van der Waals surface area (Å²) in [7, 11) is 1.83. The van der Waals surface area contributed by atoms with E-state index in [1.165, 1.54) is 19.3 Å². The van der Waals surface area contributed by atoms with Crippen molar-refractivity contribution in [2.45, 2.75) is 52.0 Å². The highest BCUT2D eigenvalue weighted by molar-refractivity contribution is 5.97. The van der Waals surface area contributed by atoms with Gasteiger partial charge < -0.3 is 16.0 Å². The van der Waals surface area contributed by atoms with Crippen LogP contribution in [0.25, 0.3) is 0 Å². The molecule has 0 aromatic heterocycles. The van der Waals surface area contributed by atoms with E-state index in [1.807, 2.05) is 33.0 Å². The highest BCUT2D eigenvalue weighted by atomic mass is 16.2. The number of rotatable bonds is 6. The average Bonchev–Trinajstić information content (AvgIpc) is 2.57. The van der Waals surface area contributed by atoms with Gasteiger partial charge in [0, 0.05) is 29.8 Å². The molecule has 0 saturated heterocycles. The lowest BCUT2D eigenvalue weighted by Gasteiger charge is -2.23. The van der Waals surface area contributed by atoms with Crippen LogP contribution in [0.2, 0.25) is 0 Å². The third kappa shape index (κ3) is 5.06. The Labute approximate surface area is 144 Å². The Morgan fingerprint density at radius 1 is 1.21 bits per heavy atom. The lowest BCUT2D eigenvalue weighted by molar-refractivity contribution is -0.119. The standard InChI is InChI=1S/C19H29N3O2/c1-13-11-15(19(24)21-16-7-5-4-6-8-16)9-10-17(13)22-18(23)14(2)12-20-3/h9-11,14,16,20H,4-8,12H2,1-3H3,(H,21,24)(H,22,23). The fourth-order valence-corrected chi connectivity index (χ4v) is 3.12. The second kappa shape index (κ2) is 8.83. The van der Waals surface area contributed by atoms with E-state index >= 15 is 0 Å². The minimum Gasteiger partial charge on any atom is -0.349 e. The van der Waals surface area contributed by atoms with Crippen molar-refractivity contribution in [1.29, 1.82) is 0 Å². The first-order chi connectivity index (χ1) is 11.5. The van der Waals surface area contributed by atoms with Crippen molar-refractivity contribution in [2.24, 2.45) is 5.92 Å². The van der Waals surface area contributed by atoms with Crippen molar-refractivity contribution in [1.82, 2.24) is 10.6 Å². The second-order valence-corrected chi connectivity index (χ2v) is 6.79. The molecule has 5 nitrogen and oxygen atoms in total. The first-order valence-electron chi connectivity index (χ1n) is 8.88. The number of benzene rings is 1. The third-order valence-corrected chi connectivity index (χ3v) is 4.64. The van der Waals surface area contributed by atoms with Crippen LogP contribution in [0.1, 0.15) is 54.9 Å². The highest BCUT2D eigenvalue weighted by Crippen LogP contribution is 2.20. The van der Waals surface area contributed by atoms with Crippen LogP contribution in [-0.4, -0.2) is 31.4 Å². The molecule has 0 spiro atoms. The predicted molar refractivity (Wildman–Crippen MR) is 97.2 cm³/mol. The van der Waals surface area contributed by atoms with E-state index in [0.717, 1.165) is 24.1 Å². The summed E-state index contributed by atoms with van der Waals surface area (Å²) in [5.41, 5.74) is 2.31. The smallest absolute Gasteiger partial charge is 0.251 e. The molecule has 1 aromatic carbocycles. The predicted octanol–water partition coefficient (Wildman–Crippen LogP) is 2.85. The molecule has 5 heteroatoms. The maximum Gasteiger partial charge on any atom is 0.251 e. The van der Waals surface area contributed by atoms with E-state index in [-0.39, 0.29) is 17.7 Å². The molecule has 24 heavy (non-hydrogen) atoms. The van der Waals surface area contributed by atoms with Gasteiger partial charge in [-0.1, -0.05) is 26.2 Å². The number of hydrogen-bond donors (Lipinski definition) is 3. The first-order valence-corrected chi connectivity index (χ1v) is 8.88. The van der Waals surface area contributed by atoms with E-state index in [4.69, 9.17) is 0 Å². The Kier molecular flexibility index (Phi) is 6.79. The van der Waals surface area contributed by atoms with Crippen molar-refractivity contribution in [3.63, 3.8) is 0 Å². The molecule has 1 unspecified atom stereocenters. The van der Waals surface area contributed by atoms with Gasteiger partial charge >= 0.3 is 0 Å². The van der Waals surface area contributed by atoms with Crippen LogP contribution in [0.4, 0.5) is 5.69 Å². The van der Waals surface area contributed by atoms with Gasteiger partial charge in [-0.05, 0) is 50.6 Å². The first kappa shape index (κ1) is 18.5. The van der Waals surface area contributed by atoms with Crippen molar-refractivity contribution in [3.05, 3.63) is 29.3 Å². The maximum atomic E-state index is 12.4. The molecule has 2 rings (SSSR count). The SMILES string of the molecule is CNCC(C)C(=O)Nc1ccc(C(=O)NC2CCCCC2)cc1C. The zero-order valence-corrected chi connectivity index (χ0v) is 14.9. The Morgan fingerprint density at radius 3 is 2.54 bits per heavy atom. The zero-order valence-electron chi connectivity index (χ0n) is 14.9. The summed E-state index contributed by atoms with van der Waals surface area (Å²) in [5, 5.41) is 9.05. The van der Waals surface area contributed by atoms with E-state index in [9.17, 15) is 9.59 Å². The number of hydrogen-bond acceptors (Lipinski definition) is 3. The summed E-state index contributed by atoms with van der Waals surface area (Å²) < 4.78 is 0. The van der Waals surface area contributed by atoms with Gasteiger partial charge in [0.05, 0.1) is 0 Å². The lowest BCUT2D eigenvalue weighted by Crippen LogP contribution is -2.36. The minimum atomic E-state index is -0.108. The number of nitrogens with one attached hydrogen (secondary N) is 3. The minimum absolute atomic E-state index is 0.0214. The van der Waals surface area contributed by atoms with Gasteiger partial charge in [0.1, 0.15) is 0 Å². The molecule has 2 amide bonds. The molecule has 1 fully saturated rings. The molecule has 0 heterocycles.